The van der Waals surface area contributed by atoms with Gasteiger partial charge in [0.1, 0.15) is 5.75 Å². The zero-order valence-electron chi connectivity index (χ0n) is 12.1. The monoisotopic (exact) mass is 370 g/mol. The highest BCUT2D eigenvalue weighted by Crippen LogP contribution is 2.28. The van der Waals surface area contributed by atoms with Crippen molar-refractivity contribution in [3.8, 4) is 5.75 Å². The van der Waals surface area contributed by atoms with Crippen molar-refractivity contribution in [1.82, 2.24) is 5.43 Å². The predicted molar refractivity (Wildman–Crippen MR) is 93.7 cm³/mol. The maximum Gasteiger partial charge on any atom is 0.280 e. The molecule has 0 spiro atoms. The van der Waals surface area contributed by atoms with E-state index in [0.29, 0.717) is 20.8 Å². The van der Waals surface area contributed by atoms with Crippen molar-refractivity contribution in [2.24, 2.45) is 5.10 Å². The summed E-state index contributed by atoms with van der Waals surface area (Å²) in [6.07, 6.45) is 0.719. The third-order valence-corrected chi connectivity index (χ3v) is 3.57. The summed E-state index contributed by atoms with van der Waals surface area (Å²) in [7, 11) is 0. The van der Waals surface area contributed by atoms with Gasteiger partial charge in [0, 0.05) is 10.0 Å². The summed E-state index contributed by atoms with van der Waals surface area (Å²) in [5.41, 5.74) is 3.17. The molecule has 2 aromatic rings. The predicted octanol–water partition coefficient (Wildman–Crippen LogP) is 4.56. The first-order valence-corrected chi connectivity index (χ1v) is 7.79. The zero-order valence-corrected chi connectivity index (χ0v) is 14.4. The van der Waals surface area contributed by atoms with Crippen LogP contribution in [0.1, 0.15) is 12.5 Å². The Morgan fingerprint density at radius 2 is 1.91 bits per heavy atom. The summed E-state index contributed by atoms with van der Waals surface area (Å²) in [4.78, 5) is 11.9. The Morgan fingerprint density at radius 1 is 1.17 bits per heavy atom. The number of halogens is 3. The van der Waals surface area contributed by atoms with Crippen LogP contribution in [0.15, 0.2) is 47.6 Å². The van der Waals surface area contributed by atoms with Gasteiger partial charge in [-0.3, -0.25) is 4.79 Å². The van der Waals surface area contributed by atoms with Gasteiger partial charge in [0.15, 0.2) is 6.10 Å². The molecule has 1 atom stereocenters. The van der Waals surface area contributed by atoms with Crippen molar-refractivity contribution >= 4 is 46.9 Å². The highest BCUT2D eigenvalue weighted by molar-refractivity contribution is 6.35. The lowest BCUT2D eigenvalue weighted by Crippen LogP contribution is -2.33. The maximum absolute atomic E-state index is 11.9. The molecule has 7 heteroatoms. The molecule has 0 aliphatic rings. The van der Waals surface area contributed by atoms with Crippen LogP contribution in [0.25, 0.3) is 0 Å². The second kappa shape index (κ2) is 8.20. The lowest BCUT2D eigenvalue weighted by molar-refractivity contribution is -0.127. The van der Waals surface area contributed by atoms with Crippen LogP contribution in [-0.4, -0.2) is 18.2 Å². The number of benzene rings is 2. The van der Waals surface area contributed by atoms with Crippen LogP contribution >= 0.6 is 34.8 Å². The largest absolute Gasteiger partial charge is 0.479 e. The van der Waals surface area contributed by atoms with Crippen LogP contribution in [0.2, 0.25) is 15.1 Å². The Morgan fingerprint density at radius 3 is 2.61 bits per heavy atom. The molecule has 4 nitrogen and oxygen atoms in total. The molecular weight excluding hydrogens is 359 g/mol. The van der Waals surface area contributed by atoms with Crippen LogP contribution in [0.5, 0.6) is 5.75 Å². The molecule has 120 valence electrons. The second-order valence-corrected chi connectivity index (χ2v) is 5.90. The van der Waals surface area contributed by atoms with Gasteiger partial charge in [-0.1, -0.05) is 46.9 Å². The number of nitrogens with one attached hydrogen (secondary N) is 1. The van der Waals surface area contributed by atoms with Gasteiger partial charge in [-0.15, -0.1) is 0 Å². The Labute approximate surface area is 149 Å². The summed E-state index contributed by atoms with van der Waals surface area (Å²) in [5.74, 6) is -0.0353. The first-order chi connectivity index (χ1) is 11.0. The van der Waals surface area contributed by atoms with Gasteiger partial charge in [0.25, 0.3) is 5.91 Å². The fourth-order valence-corrected chi connectivity index (χ4v) is 2.31. The number of hydrogen-bond acceptors (Lipinski definition) is 3. The van der Waals surface area contributed by atoms with E-state index in [1.807, 2.05) is 6.07 Å². The van der Waals surface area contributed by atoms with E-state index < -0.39 is 12.0 Å². The smallest absolute Gasteiger partial charge is 0.280 e. The fourth-order valence-electron chi connectivity index (χ4n) is 1.66. The van der Waals surface area contributed by atoms with Crippen LogP contribution in [0.4, 0.5) is 0 Å². The second-order valence-electron chi connectivity index (χ2n) is 4.62. The number of hydrogen-bond donors (Lipinski definition) is 1. The zero-order chi connectivity index (χ0) is 16.8. The van der Waals surface area contributed by atoms with Gasteiger partial charge < -0.3 is 4.74 Å². The van der Waals surface area contributed by atoms with E-state index in [4.69, 9.17) is 39.5 Å². The van der Waals surface area contributed by atoms with E-state index in [-0.39, 0.29) is 0 Å². The molecule has 0 radical (unpaired) electrons. The number of ether oxygens (including phenoxy) is 1. The van der Waals surface area contributed by atoms with Crippen molar-refractivity contribution in [2.75, 3.05) is 0 Å². The number of rotatable bonds is 5. The average molecular weight is 372 g/mol. The highest BCUT2D eigenvalue weighted by atomic mass is 35.5. The van der Waals surface area contributed by atoms with Gasteiger partial charge in [-0.05, 0) is 42.8 Å². The summed E-state index contributed by atoms with van der Waals surface area (Å²) < 4.78 is 5.49. The first-order valence-electron chi connectivity index (χ1n) is 6.66. The molecule has 0 saturated heterocycles. The van der Waals surface area contributed by atoms with Gasteiger partial charge in [0.05, 0.1) is 11.2 Å². The van der Waals surface area contributed by atoms with Crippen LogP contribution in [0.3, 0.4) is 0 Å². The third kappa shape index (κ3) is 5.43. The van der Waals surface area contributed by atoms with Crippen molar-refractivity contribution in [2.45, 2.75) is 13.0 Å². The number of carbonyl (C=O) groups is 1. The van der Waals surface area contributed by atoms with Crippen LogP contribution in [-0.2, 0) is 4.79 Å². The SMILES string of the molecule is CC(Oc1ccc(Cl)cc1Cl)C(=O)N/N=C/c1cccc(Cl)c1. The summed E-state index contributed by atoms with van der Waals surface area (Å²) >= 11 is 17.7. The minimum Gasteiger partial charge on any atom is -0.479 e. The topological polar surface area (TPSA) is 50.7 Å². The van der Waals surface area contributed by atoms with E-state index in [2.05, 4.69) is 10.5 Å². The summed E-state index contributed by atoms with van der Waals surface area (Å²) in [6.45, 7) is 1.59. The summed E-state index contributed by atoms with van der Waals surface area (Å²) in [6, 6.07) is 11.9. The van der Waals surface area contributed by atoms with E-state index in [9.17, 15) is 4.79 Å². The molecule has 0 bridgehead atoms. The van der Waals surface area contributed by atoms with Gasteiger partial charge in [-0.25, -0.2) is 5.43 Å². The van der Waals surface area contributed by atoms with Gasteiger partial charge >= 0.3 is 0 Å². The molecule has 1 unspecified atom stereocenters. The van der Waals surface area contributed by atoms with E-state index in [0.717, 1.165) is 5.56 Å². The van der Waals surface area contributed by atoms with Crippen LogP contribution in [0, 0.1) is 0 Å². The lowest BCUT2D eigenvalue weighted by atomic mass is 10.2. The first kappa shape index (κ1) is 17.6. The van der Waals surface area contributed by atoms with E-state index in [1.165, 1.54) is 6.21 Å². The quantitative estimate of drug-likeness (QED) is 0.618. The van der Waals surface area contributed by atoms with Crippen molar-refractivity contribution in [3.05, 3.63) is 63.1 Å². The third-order valence-electron chi connectivity index (χ3n) is 2.80. The highest BCUT2D eigenvalue weighted by Gasteiger charge is 2.15. The Hall–Kier alpha value is -1.75. The molecule has 0 aliphatic heterocycles. The number of nitrogens with zero attached hydrogens (tertiary/aromatic N) is 1. The Bertz CT molecular complexity index is 735. The van der Waals surface area contributed by atoms with E-state index >= 15 is 0 Å². The average Bonchev–Trinajstić information content (AvgIpc) is 2.50. The Balaban J connectivity index is 1.92. The number of carbonyl (C=O) groups excluding carboxylic acids is 1. The normalized spacial score (nSPS) is 12.2. The van der Waals surface area contributed by atoms with Crippen molar-refractivity contribution in [3.63, 3.8) is 0 Å². The van der Waals surface area contributed by atoms with Crippen LogP contribution < -0.4 is 10.2 Å². The molecule has 0 aromatic heterocycles. The molecule has 2 rings (SSSR count). The lowest BCUT2D eigenvalue weighted by Gasteiger charge is -2.14. The van der Waals surface area contributed by atoms with Gasteiger partial charge in [0.2, 0.25) is 0 Å². The molecule has 1 N–H and O–H groups in total. The number of amides is 1. The minimum atomic E-state index is -0.773. The van der Waals surface area contributed by atoms with Gasteiger partial charge in [-0.2, -0.15) is 5.10 Å². The van der Waals surface area contributed by atoms with Crippen molar-refractivity contribution < 1.29 is 9.53 Å². The molecule has 2 aromatic carbocycles. The molecule has 1 amide bonds. The standard InChI is InChI=1S/C16H13Cl3N2O2/c1-10(23-15-6-5-13(18)8-14(15)19)16(22)21-20-9-11-3-2-4-12(17)7-11/h2-10H,1H3,(H,21,22)/b20-9+. The molecule has 0 saturated carbocycles. The maximum atomic E-state index is 11.9. The van der Waals surface area contributed by atoms with Crippen molar-refractivity contribution in [1.29, 1.82) is 0 Å². The van der Waals surface area contributed by atoms with E-state index in [1.54, 1.807) is 43.3 Å². The molecule has 0 aliphatic carbocycles. The molecular formula is C16H13Cl3N2O2. The fraction of sp³-hybridized carbons (Fsp3) is 0.125. The summed E-state index contributed by atoms with van der Waals surface area (Å²) in [5, 5.41) is 5.28. The Kier molecular flexibility index (Phi) is 6.28. The molecule has 0 fully saturated rings. The number of hydrazone groups is 1. The molecule has 0 heterocycles. The minimum absolute atomic E-state index is 0.333. The molecule has 23 heavy (non-hydrogen) atoms.